The van der Waals surface area contributed by atoms with Crippen LogP contribution in [0.2, 0.25) is 0 Å². The summed E-state index contributed by atoms with van der Waals surface area (Å²) >= 11 is 0. The highest BCUT2D eigenvalue weighted by atomic mass is 19.4. The van der Waals surface area contributed by atoms with Crippen molar-refractivity contribution >= 4 is 5.91 Å². The average Bonchev–Trinajstić information content (AvgIpc) is 2.79. The summed E-state index contributed by atoms with van der Waals surface area (Å²) < 4.78 is 37.4. The number of carbonyl (C=O) groups is 1. The Kier molecular flexibility index (Phi) is 4.56. The standard InChI is InChI=1S/C15H18F3NO2/c1-10-6-7-19(13(10)9-20)14(21)8-11-2-4-12(5-3-11)15(16,17)18/h2-5,10,13,20H,6-9H2,1H3. The largest absolute Gasteiger partial charge is 0.416 e. The molecule has 1 aliphatic rings. The molecule has 1 heterocycles. The molecule has 21 heavy (non-hydrogen) atoms. The molecule has 3 nitrogen and oxygen atoms in total. The van der Waals surface area contributed by atoms with Crippen LogP contribution in [-0.4, -0.2) is 35.1 Å². The summed E-state index contributed by atoms with van der Waals surface area (Å²) in [7, 11) is 0. The average molecular weight is 301 g/mol. The van der Waals surface area contributed by atoms with Crippen LogP contribution in [0.3, 0.4) is 0 Å². The number of alkyl halides is 3. The molecule has 1 amide bonds. The molecule has 2 unspecified atom stereocenters. The van der Waals surface area contributed by atoms with E-state index in [2.05, 4.69) is 0 Å². The molecule has 0 radical (unpaired) electrons. The molecular formula is C15H18F3NO2. The molecule has 1 aromatic carbocycles. The number of hydrogen-bond donors (Lipinski definition) is 1. The van der Waals surface area contributed by atoms with Gasteiger partial charge in [-0.2, -0.15) is 13.2 Å². The van der Waals surface area contributed by atoms with Gasteiger partial charge in [0.05, 0.1) is 24.6 Å². The van der Waals surface area contributed by atoms with E-state index < -0.39 is 11.7 Å². The van der Waals surface area contributed by atoms with Gasteiger partial charge >= 0.3 is 6.18 Å². The lowest BCUT2D eigenvalue weighted by Crippen LogP contribution is -2.40. The first-order valence-electron chi connectivity index (χ1n) is 6.89. The molecule has 0 saturated carbocycles. The minimum absolute atomic E-state index is 0.0569. The van der Waals surface area contributed by atoms with Crippen LogP contribution in [0.25, 0.3) is 0 Å². The van der Waals surface area contributed by atoms with E-state index in [1.807, 2.05) is 6.92 Å². The molecule has 0 aromatic heterocycles. The van der Waals surface area contributed by atoms with Gasteiger partial charge in [0.25, 0.3) is 0 Å². The van der Waals surface area contributed by atoms with Gasteiger partial charge in [0.1, 0.15) is 0 Å². The lowest BCUT2D eigenvalue weighted by atomic mass is 10.0. The van der Waals surface area contributed by atoms with Crippen LogP contribution in [0.4, 0.5) is 13.2 Å². The van der Waals surface area contributed by atoms with Crippen LogP contribution in [-0.2, 0) is 17.4 Å². The van der Waals surface area contributed by atoms with E-state index in [9.17, 15) is 23.1 Å². The summed E-state index contributed by atoms with van der Waals surface area (Å²) in [5, 5.41) is 9.33. The van der Waals surface area contributed by atoms with Gasteiger partial charge in [-0.25, -0.2) is 0 Å². The van der Waals surface area contributed by atoms with E-state index >= 15 is 0 Å². The van der Waals surface area contributed by atoms with Crippen LogP contribution in [0.1, 0.15) is 24.5 Å². The number of benzene rings is 1. The van der Waals surface area contributed by atoms with E-state index in [1.54, 1.807) is 4.90 Å². The van der Waals surface area contributed by atoms with Crippen LogP contribution < -0.4 is 0 Å². The Hall–Kier alpha value is -1.56. The summed E-state index contributed by atoms with van der Waals surface area (Å²) in [5.74, 6) is 0.0877. The topological polar surface area (TPSA) is 40.5 Å². The van der Waals surface area contributed by atoms with Gasteiger partial charge in [-0.05, 0) is 30.0 Å². The third kappa shape index (κ3) is 3.56. The fourth-order valence-electron chi connectivity index (χ4n) is 2.68. The quantitative estimate of drug-likeness (QED) is 0.932. The SMILES string of the molecule is CC1CCN(C(=O)Cc2ccc(C(F)(F)F)cc2)C1CO. The maximum absolute atomic E-state index is 12.5. The Morgan fingerprint density at radius 3 is 2.48 bits per heavy atom. The van der Waals surface area contributed by atoms with Crippen molar-refractivity contribution in [1.29, 1.82) is 0 Å². The molecule has 0 aliphatic carbocycles. The number of aliphatic hydroxyl groups is 1. The monoisotopic (exact) mass is 301 g/mol. The first-order chi connectivity index (χ1) is 9.82. The van der Waals surface area contributed by atoms with Gasteiger partial charge < -0.3 is 10.0 Å². The third-order valence-electron chi connectivity index (χ3n) is 4.03. The highest BCUT2D eigenvalue weighted by Gasteiger charge is 2.34. The molecule has 116 valence electrons. The minimum atomic E-state index is -4.37. The summed E-state index contributed by atoms with van der Waals surface area (Å²) in [5.41, 5.74) is -0.175. The molecular weight excluding hydrogens is 283 g/mol. The summed E-state index contributed by atoms with van der Waals surface area (Å²) in [4.78, 5) is 13.8. The fourth-order valence-corrected chi connectivity index (χ4v) is 2.68. The Balaban J connectivity index is 2.03. The van der Waals surface area contributed by atoms with E-state index in [0.717, 1.165) is 18.6 Å². The number of carbonyl (C=O) groups excluding carboxylic acids is 1. The van der Waals surface area contributed by atoms with E-state index in [0.29, 0.717) is 12.1 Å². The Labute approximate surface area is 121 Å². The Bertz CT molecular complexity index is 499. The highest BCUT2D eigenvalue weighted by molar-refractivity contribution is 5.79. The van der Waals surface area contributed by atoms with Crippen molar-refractivity contribution in [3.63, 3.8) is 0 Å². The molecule has 2 atom stereocenters. The maximum atomic E-state index is 12.5. The second-order valence-corrected chi connectivity index (χ2v) is 5.47. The molecule has 1 N–H and O–H groups in total. The number of amides is 1. The van der Waals surface area contributed by atoms with Crippen molar-refractivity contribution in [3.05, 3.63) is 35.4 Å². The Morgan fingerprint density at radius 2 is 1.95 bits per heavy atom. The van der Waals surface area contributed by atoms with Gasteiger partial charge in [-0.1, -0.05) is 19.1 Å². The van der Waals surface area contributed by atoms with E-state index in [4.69, 9.17) is 0 Å². The second-order valence-electron chi connectivity index (χ2n) is 5.47. The van der Waals surface area contributed by atoms with Crippen molar-refractivity contribution in [2.45, 2.75) is 32.0 Å². The third-order valence-corrected chi connectivity index (χ3v) is 4.03. The first kappa shape index (κ1) is 15.8. The maximum Gasteiger partial charge on any atom is 0.416 e. The molecule has 0 spiro atoms. The lowest BCUT2D eigenvalue weighted by Gasteiger charge is -2.25. The van der Waals surface area contributed by atoms with Crippen molar-refractivity contribution < 1.29 is 23.1 Å². The van der Waals surface area contributed by atoms with Crippen LogP contribution in [0.5, 0.6) is 0 Å². The second kappa shape index (κ2) is 6.05. The highest BCUT2D eigenvalue weighted by Crippen LogP contribution is 2.29. The van der Waals surface area contributed by atoms with Crippen LogP contribution >= 0.6 is 0 Å². The van der Waals surface area contributed by atoms with Crippen LogP contribution in [0, 0.1) is 5.92 Å². The molecule has 1 fully saturated rings. The zero-order chi connectivity index (χ0) is 15.6. The number of likely N-dealkylation sites (tertiary alicyclic amines) is 1. The molecule has 1 aromatic rings. The molecule has 6 heteroatoms. The van der Waals surface area contributed by atoms with Crippen LogP contribution in [0.15, 0.2) is 24.3 Å². The van der Waals surface area contributed by atoms with Gasteiger partial charge in [0, 0.05) is 6.54 Å². The summed E-state index contributed by atoms with van der Waals surface area (Å²) in [6.07, 6.45) is -3.47. The number of rotatable bonds is 3. The zero-order valence-electron chi connectivity index (χ0n) is 11.7. The minimum Gasteiger partial charge on any atom is -0.394 e. The van der Waals surface area contributed by atoms with E-state index in [-0.39, 0.29) is 30.9 Å². The molecule has 1 aliphatic heterocycles. The van der Waals surface area contributed by atoms with Gasteiger partial charge in [-0.3, -0.25) is 4.79 Å². The first-order valence-corrected chi connectivity index (χ1v) is 6.89. The Morgan fingerprint density at radius 1 is 1.33 bits per heavy atom. The molecule has 2 rings (SSSR count). The summed E-state index contributed by atoms with van der Waals surface area (Å²) in [6, 6.07) is 4.44. The number of nitrogens with zero attached hydrogens (tertiary/aromatic N) is 1. The predicted molar refractivity (Wildman–Crippen MR) is 71.5 cm³/mol. The van der Waals surface area contributed by atoms with Gasteiger partial charge in [0.15, 0.2) is 0 Å². The summed E-state index contributed by atoms with van der Waals surface area (Å²) in [6.45, 7) is 2.48. The van der Waals surface area contributed by atoms with E-state index in [1.165, 1.54) is 12.1 Å². The van der Waals surface area contributed by atoms with Crippen molar-refractivity contribution in [3.8, 4) is 0 Å². The lowest BCUT2D eigenvalue weighted by molar-refractivity contribution is -0.137. The van der Waals surface area contributed by atoms with Crippen molar-refractivity contribution in [2.24, 2.45) is 5.92 Å². The zero-order valence-corrected chi connectivity index (χ0v) is 11.7. The van der Waals surface area contributed by atoms with Crippen molar-refractivity contribution in [1.82, 2.24) is 4.90 Å². The molecule has 0 bridgehead atoms. The smallest absolute Gasteiger partial charge is 0.394 e. The van der Waals surface area contributed by atoms with Gasteiger partial charge in [0.2, 0.25) is 5.91 Å². The van der Waals surface area contributed by atoms with Gasteiger partial charge in [-0.15, -0.1) is 0 Å². The fraction of sp³-hybridized carbons (Fsp3) is 0.533. The molecule has 1 saturated heterocycles. The number of halogens is 3. The predicted octanol–water partition coefficient (Wildman–Crippen LogP) is 2.48. The normalized spacial score (nSPS) is 22.6. The number of aliphatic hydroxyl groups excluding tert-OH is 1. The number of hydrogen-bond acceptors (Lipinski definition) is 2. The van der Waals surface area contributed by atoms with Crippen molar-refractivity contribution in [2.75, 3.05) is 13.2 Å².